The fourth-order valence-electron chi connectivity index (χ4n) is 6.78. The molecule has 0 saturated carbocycles. The van der Waals surface area contributed by atoms with Crippen LogP contribution in [0.4, 0.5) is 5.82 Å². The molecule has 3 unspecified atom stereocenters. The number of para-hydroxylation sites is 2. The van der Waals surface area contributed by atoms with Crippen LogP contribution in [0.2, 0.25) is 0 Å². The number of rotatable bonds is 7. The molecule has 2 aliphatic rings. The number of ether oxygens (including phenoxy) is 3. The fraction of sp³-hybridized carbons (Fsp3) is 0.235. The van der Waals surface area contributed by atoms with Gasteiger partial charge in [0.15, 0.2) is 17.4 Å². The third-order valence-electron chi connectivity index (χ3n) is 8.73. The molecule has 0 fully saturated rings. The highest BCUT2D eigenvalue weighted by atomic mass is 16.5. The summed E-state index contributed by atoms with van der Waals surface area (Å²) in [6, 6.07) is 19.3. The van der Waals surface area contributed by atoms with E-state index >= 15 is 4.79 Å². The number of nitriles is 1. The molecule has 3 atom stereocenters. The standard InChI is InChI=1S/C34H28N6O8/c1-17-21(16-35)30(40(37-17)20-14-10-7-11-15-20)36-26-23(31(43)46-3)34(33(45)48-5)24(29(26)42)27-22(28(41)25(34)32(44)47-4)18(2)38-39(27)19-12-8-6-9-13-19/h6-15,24-25,36H,1-5H3. The number of carbonyl (C=O) groups excluding carboxylic acids is 5. The van der Waals surface area contributed by atoms with E-state index in [2.05, 4.69) is 21.6 Å². The number of esters is 3. The number of nitrogens with zero attached hydrogens (tertiary/aromatic N) is 5. The van der Waals surface area contributed by atoms with Crippen LogP contribution >= 0.6 is 0 Å². The Hall–Kier alpha value is -6.36. The largest absolute Gasteiger partial charge is 0.468 e. The highest BCUT2D eigenvalue weighted by Crippen LogP contribution is 2.61. The van der Waals surface area contributed by atoms with Gasteiger partial charge >= 0.3 is 17.9 Å². The summed E-state index contributed by atoms with van der Waals surface area (Å²) in [5.74, 6) is -9.21. The third-order valence-corrected chi connectivity index (χ3v) is 8.73. The monoisotopic (exact) mass is 648 g/mol. The van der Waals surface area contributed by atoms with Gasteiger partial charge in [0.1, 0.15) is 23.0 Å². The lowest BCUT2D eigenvalue weighted by Crippen LogP contribution is -2.56. The minimum Gasteiger partial charge on any atom is -0.468 e. The van der Waals surface area contributed by atoms with Crippen molar-refractivity contribution in [3.63, 3.8) is 0 Å². The first-order chi connectivity index (χ1) is 23.1. The molecule has 0 bridgehead atoms. The van der Waals surface area contributed by atoms with Gasteiger partial charge in [-0.15, -0.1) is 0 Å². The van der Waals surface area contributed by atoms with Gasteiger partial charge in [0, 0.05) is 0 Å². The molecule has 48 heavy (non-hydrogen) atoms. The zero-order valence-corrected chi connectivity index (χ0v) is 26.4. The predicted octanol–water partition coefficient (Wildman–Crippen LogP) is 2.90. The first-order valence-corrected chi connectivity index (χ1v) is 14.6. The molecule has 0 aliphatic heterocycles. The van der Waals surface area contributed by atoms with Crippen LogP contribution in [0.15, 0.2) is 71.9 Å². The molecule has 242 valence electrons. The van der Waals surface area contributed by atoms with Gasteiger partial charge in [-0.1, -0.05) is 36.4 Å². The maximum absolute atomic E-state index is 15.0. The van der Waals surface area contributed by atoms with Gasteiger partial charge in [-0.3, -0.25) is 19.2 Å². The summed E-state index contributed by atoms with van der Waals surface area (Å²) >= 11 is 0. The van der Waals surface area contributed by atoms with Crippen LogP contribution in [0.5, 0.6) is 0 Å². The van der Waals surface area contributed by atoms with Gasteiger partial charge in [0.05, 0.1) is 72.5 Å². The number of nitrogens with one attached hydrogen (secondary N) is 1. The van der Waals surface area contributed by atoms with E-state index < -0.39 is 58.0 Å². The summed E-state index contributed by atoms with van der Waals surface area (Å²) in [7, 11) is 3.05. The third kappa shape index (κ3) is 4.28. The molecule has 6 rings (SSSR count). The van der Waals surface area contributed by atoms with E-state index in [0.717, 1.165) is 21.3 Å². The average Bonchev–Trinajstić information content (AvgIpc) is 3.71. The second kappa shape index (κ2) is 11.8. The van der Waals surface area contributed by atoms with Crippen molar-refractivity contribution in [3.05, 3.63) is 100 Å². The molecule has 1 N–H and O–H groups in total. The van der Waals surface area contributed by atoms with Gasteiger partial charge in [-0.2, -0.15) is 15.5 Å². The Morgan fingerprint density at radius 2 is 1.42 bits per heavy atom. The first kappa shape index (κ1) is 31.6. The Bertz CT molecular complexity index is 2110. The van der Waals surface area contributed by atoms with Crippen molar-refractivity contribution >= 4 is 35.3 Å². The van der Waals surface area contributed by atoms with E-state index in [4.69, 9.17) is 14.2 Å². The lowest BCUT2D eigenvalue weighted by molar-refractivity contribution is -0.165. The molecule has 0 amide bonds. The predicted molar refractivity (Wildman–Crippen MR) is 166 cm³/mol. The Balaban J connectivity index is 1.73. The number of anilines is 1. The highest BCUT2D eigenvalue weighted by Gasteiger charge is 2.74. The summed E-state index contributed by atoms with van der Waals surface area (Å²) in [5, 5.41) is 22.1. The zero-order chi connectivity index (χ0) is 34.5. The van der Waals surface area contributed by atoms with Crippen LogP contribution in [0.1, 0.15) is 38.9 Å². The van der Waals surface area contributed by atoms with Crippen molar-refractivity contribution in [2.24, 2.45) is 11.3 Å². The van der Waals surface area contributed by atoms with Crippen molar-refractivity contribution in [2.45, 2.75) is 19.8 Å². The number of ketones is 2. The Morgan fingerprint density at radius 1 is 0.833 bits per heavy atom. The summed E-state index contributed by atoms with van der Waals surface area (Å²) in [6.07, 6.45) is 0. The number of hydrogen-bond acceptors (Lipinski definition) is 12. The zero-order valence-electron chi connectivity index (χ0n) is 26.4. The van der Waals surface area contributed by atoms with E-state index in [-0.39, 0.29) is 34.0 Å². The number of fused-ring (bicyclic) bond motifs is 3. The van der Waals surface area contributed by atoms with Crippen LogP contribution in [0.3, 0.4) is 0 Å². The van der Waals surface area contributed by atoms with Crippen LogP contribution in [-0.4, -0.2) is 70.4 Å². The van der Waals surface area contributed by atoms with Gasteiger partial charge in [-0.05, 0) is 38.1 Å². The summed E-state index contributed by atoms with van der Waals surface area (Å²) in [5.41, 5.74) is -2.47. The van der Waals surface area contributed by atoms with Crippen molar-refractivity contribution in [1.82, 2.24) is 19.6 Å². The van der Waals surface area contributed by atoms with Gasteiger partial charge in [0.25, 0.3) is 0 Å². The van der Waals surface area contributed by atoms with E-state index in [1.807, 2.05) is 0 Å². The van der Waals surface area contributed by atoms with E-state index in [9.17, 15) is 24.4 Å². The molecule has 0 radical (unpaired) electrons. The SMILES string of the molecule is COC(=O)C1=C(Nc2c(C#N)c(C)nn2-c2ccccc2)C(=O)C2c3c(c(C)nn3-c3ccccc3)C(=O)C(C(=O)OC)C12C(=O)OC. The molecular weight excluding hydrogens is 620 g/mol. The van der Waals surface area contributed by atoms with Crippen molar-refractivity contribution in [1.29, 1.82) is 5.26 Å². The number of aryl methyl sites for hydroxylation is 2. The van der Waals surface area contributed by atoms with Crippen molar-refractivity contribution < 1.29 is 38.2 Å². The number of Topliss-reactive ketones (excluding diaryl/α,β-unsaturated/α-hetero) is 2. The number of allylic oxidation sites excluding steroid dienone is 1. The van der Waals surface area contributed by atoms with E-state index in [1.54, 1.807) is 67.6 Å². The average molecular weight is 649 g/mol. The normalized spacial score (nSPS) is 19.7. The second-order valence-corrected chi connectivity index (χ2v) is 11.1. The molecule has 2 aliphatic carbocycles. The molecule has 0 saturated heterocycles. The van der Waals surface area contributed by atoms with E-state index in [0.29, 0.717) is 11.4 Å². The number of aromatic nitrogens is 4. The second-order valence-electron chi connectivity index (χ2n) is 11.1. The van der Waals surface area contributed by atoms with Gasteiger partial charge in [0.2, 0.25) is 0 Å². The number of methoxy groups -OCH3 is 3. The van der Waals surface area contributed by atoms with Gasteiger partial charge < -0.3 is 19.5 Å². The van der Waals surface area contributed by atoms with Crippen LogP contribution < -0.4 is 5.32 Å². The van der Waals surface area contributed by atoms with Crippen LogP contribution in [0.25, 0.3) is 11.4 Å². The molecule has 0 spiro atoms. The molecule has 2 aromatic heterocycles. The summed E-state index contributed by atoms with van der Waals surface area (Å²) in [6.45, 7) is 3.12. The fourth-order valence-corrected chi connectivity index (χ4v) is 6.78. The Labute approximate surface area is 273 Å². The molecule has 2 heterocycles. The molecule has 2 aromatic carbocycles. The topological polar surface area (TPSA) is 184 Å². The minimum atomic E-state index is -2.61. The lowest BCUT2D eigenvalue weighted by Gasteiger charge is -2.41. The smallest absolute Gasteiger partial charge is 0.337 e. The van der Waals surface area contributed by atoms with Crippen molar-refractivity contribution in [2.75, 3.05) is 26.6 Å². The number of benzene rings is 2. The Kier molecular flexibility index (Phi) is 7.76. The summed E-state index contributed by atoms with van der Waals surface area (Å²) < 4.78 is 18.1. The minimum absolute atomic E-state index is 0.0152. The van der Waals surface area contributed by atoms with E-state index in [1.165, 1.54) is 16.3 Å². The first-order valence-electron chi connectivity index (χ1n) is 14.6. The number of carbonyl (C=O) groups is 5. The Morgan fingerprint density at radius 3 is 1.96 bits per heavy atom. The maximum atomic E-state index is 15.0. The number of hydrogen-bond donors (Lipinski definition) is 1. The molecule has 14 nitrogen and oxygen atoms in total. The van der Waals surface area contributed by atoms with Crippen LogP contribution in [0, 0.1) is 36.5 Å². The van der Waals surface area contributed by atoms with Crippen molar-refractivity contribution in [3.8, 4) is 17.4 Å². The lowest BCUT2D eigenvalue weighted by atomic mass is 9.57. The molecular formula is C34H28N6O8. The van der Waals surface area contributed by atoms with Gasteiger partial charge in [-0.25, -0.2) is 14.2 Å². The maximum Gasteiger partial charge on any atom is 0.337 e. The molecule has 4 aromatic rings. The molecule has 14 heteroatoms. The highest BCUT2D eigenvalue weighted by molar-refractivity contribution is 6.26. The quantitative estimate of drug-likeness (QED) is 0.176. The van der Waals surface area contributed by atoms with Crippen LogP contribution in [-0.2, 0) is 33.4 Å². The summed E-state index contributed by atoms with van der Waals surface area (Å²) in [4.78, 5) is 71.4.